The highest BCUT2D eigenvalue weighted by molar-refractivity contribution is 7.18. The number of aryl methyl sites for hydroxylation is 2. The maximum atomic E-state index is 2.42. The minimum absolute atomic E-state index is 1.21. The lowest BCUT2D eigenvalue weighted by Crippen LogP contribution is -1.95. The second-order valence-electron chi connectivity index (χ2n) is 8.50. The van der Waals surface area contributed by atoms with Crippen molar-refractivity contribution in [1.82, 2.24) is 9.13 Å². The van der Waals surface area contributed by atoms with Crippen molar-refractivity contribution in [3.8, 4) is 11.4 Å². The van der Waals surface area contributed by atoms with Crippen LogP contribution in [0.5, 0.6) is 0 Å². The molecule has 0 aliphatic heterocycles. The van der Waals surface area contributed by atoms with E-state index in [1.807, 2.05) is 22.7 Å². The quantitative estimate of drug-likeness (QED) is 0.250. The summed E-state index contributed by atoms with van der Waals surface area (Å²) in [6.45, 7) is 4.28. The van der Waals surface area contributed by atoms with Crippen molar-refractivity contribution in [3.05, 3.63) is 94.7 Å². The van der Waals surface area contributed by atoms with Crippen LogP contribution in [0.4, 0.5) is 0 Å². The van der Waals surface area contributed by atoms with Crippen LogP contribution in [0.3, 0.4) is 0 Å². The van der Waals surface area contributed by atoms with Gasteiger partial charge in [0.2, 0.25) is 0 Å². The van der Waals surface area contributed by atoms with Gasteiger partial charge in [0.1, 0.15) is 0 Å². The summed E-state index contributed by atoms with van der Waals surface area (Å²) in [6.07, 6.45) is 0. The third kappa shape index (κ3) is 2.45. The molecule has 4 heteroatoms. The van der Waals surface area contributed by atoms with E-state index in [9.17, 15) is 0 Å². The molecule has 0 radical (unpaired) electrons. The van der Waals surface area contributed by atoms with Crippen LogP contribution in [0.1, 0.15) is 11.1 Å². The Labute approximate surface area is 193 Å². The lowest BCUT2D eigenvalue weighted by atomic mass is 10.1. The zero-order valence-corrected chi connectivity index (χ0v) is 19.4. The average molecular weight is 449 g/mol. The van der Waals surface area contributed by atoms with E-state index in [0.29, 0.717) is 0 Å². The molecule has 32 heavy (non-hydrogen) atoms. The summed E-state index contributed by atoms with van der Waals surface area (Å²) in [5.41, 5.74) is 10.1. The van der Waals surface area contributed by atoms with E-state index in [1.165, 1.54) is 64.7 Å². The molecule has 0 saturated heterocycles. The van der Waals surface area contributed by atoms with Crippen molar-refractivity contribution in [2.45, 2.75) is 13.8 Å². The fraction of sp³-hybridized carbons (Fsp3) is 0.0714. The summed E-state index contributed by atoms with van der Waals surface area (Å²) in [5, 5.41) is 7.08. The number of hydrogen-bond donors (Lipinski definition) is 0. The van der Waals surface area contributed by atoms with E-state index in [4.69, 9.17) is 0 Å². The minimum atomic E-state index is 1.21. The smallest absolute Gasteiger partial charge is 0.0648 e. The van der Waals surface area contributed by atoms with E-state index >= 15 is 0 Å². The van der Waals surface area contributed by atoms with Crippen molar-refractivity contribution in [1.29, 1.82) is 0 Å². The van der Waals surface area contributed by atoms with Crippen molar-refractivity contribution < 1.29 is 0 Å². The van der Waals surface area contributed by atoms with Crippen LogP contribution in [0, 0.1) is 13.8 Å². The van der Waals surface area contributed by atoms with E-state index in [2.05, 4.69) is 107 Å². The summed E-state index contributed by atoms with van der Waals surface area (Å²) < 4.78 is 7.55. The van der Waals surface area contributed by atoms with Gasteiger partial charge in [0.15, 0.2) is 0 Å². The third-order valence-electron chi connectivity index (χ3n) is 6.44. The van der Waals surface area contributed by atoms with Crippen molar-refractivity contribution in [2.75, 3.05) is 0 Å². The molecular weight excluding hydrogens is 428 g/mol. The molecule has 4 heterocycles. The average Bonchev–Trinajstić information content (AvgIpc) is 3.55. The van der Waals surface area contributed by atoms with Gasteiger partial charge < -0.3 is 9.13 Å². The fourth-order valence-electron chi connectivity index (χ4n) is 4.87. The van der Waals surface area contributed by atoms with E-state index in [0.717, 1.165) is 0 Å². The lowest BCUT2D eigenvalue weighted by molar-refractivity contribution is 1.16. The van der Waals surface area contributed by atoms with Gasteiger partial charge in [-0.2, -0.15) is 0 Å². The Balaban J connectivity index is 1.64. The summed E-state index contributed by atoms with van der Waals surface area (Å²) in [5.74, 6) is 0. The van der Waals surface area contributed by atoms with Crippen LogP contribution in [0.2, 0.25) is 0 Å². The zero-order valence-electron chi connectivity index (χ0n) is 17.8. The minimum Gasteiger partial charge on any atom is -0.308 e. The number of fused-ring (bicyclic) bond motifs is 6. The van der Waals surface area contributed by atoms with Crippen molar-refractivity contribution >= 4 is 64.9 Å². The highest BCUT2D eigenvalue weighted by Gasteiger charge is 2.19. The lowest BCUT2D eigenvalue weighted by Gasteiger charge is -2.10. The topological polar surface area (TPSA) is 9.86 Å². The summed E-state index contributed by atoms with van der Waals surface area (Å²) in [6, 6.07) is 27.0. The molecule has 154 valence electrons. The van der Waals surface area contributed by atoms with Gasteiger partial charge in [-0.1, -0.05) is 35.4 Å². The van der Waals surface area contributed by atoms with Crippen LogP contribution >= 0.6 is 22.7 Å². The molecule has 0 amide bonds. The van der Waals surface area contributed by atoms with Gasteiger partial charge in [0.05, 0.1) is 31.5 Å². The number of thiophene rings is 2. The second-order valence-corrected chi connectivity index (χ2v) is 10.3. The second kappa shape index (κ2) is 6.58. The number of rotatable bonds is 2. The number of nitrogens with zero attached hydrogens (tertiary/aromatic N) is 2. The molecule has 0 aliphatic carbocycles. The molecule has 3 aromatic carbocycles. The molecule has 0 unspecified atom stereocenters. The molecular formula is C28H20N2S2. The van der Waals surface area contributed by atoms with Crippen molar-refractivity contribution in [3.63, 3.8) is 0 Å². The first-order valence-electron chi connectivity index (χ1n) is 10.8. The van der Waals surface area contributed by atoms with Crippen LogP contribution in [-0.2, 0) is 0 Å². The normalized spacial score (nSPS) is 12.1. The van der Waals surface area contributed by atoms with Crippen LogP contribution in [-0.4, -0.2) is 9.13 Å². The molecule has 0 fully saturated rings. The van der Waals surface area contributed by atoms with E-state index in [1.54, 1.807) is 0 Å². The number of hydrogen-bond acceptors (Lipinski definition) is 2. The van der Waals surface area contributed by atoms with Gasteiger partial charge in [-0.3, -0.25) is 0 Å². The maximum absolute atomic E-state index is 2.42. The molecule has 0 atom stereocenters. The Morgan fingerprint density at radius 2 is 0.938 bits per heavy atom. The zero-order chi connectivity index (χ0) is 21.4. The number of aromatic nitrogens is 2. The monoisotopic (exact) mass is 448 g/mol. The first kappa shape index (κ1) is 18.3. The van der Waals surface area contributed by atoms with Gasteiger partial charge in [-0.15, -0.1) is 22.7 Å². The third-order valence-corrected chi connectivity index (χ3v) is 8.31. The fourth-order valence-corrected chi connectivity index (χ4v) is 6.68. The van der Waals surface area contributed by atoms with Crippen LogP contribution in [0.25, 0.3) is 53.6 Å². The Morgan fingerprint density at radius 3 is 1.38 bits per heavy atom. The Bertz CT molecular complexity index is 1640. The van der Waals surface area contributed by atoms with E-state index < -0.39 is 0 Å². The molecule has 4 aromatic heterocycles. The first-order chi connectivity index (χ1) is 15.7. The highest BCUT2D eigenvalue weighted by atomic mass is 32.1. The Hall–Kier alpha value is -3.34. The predicted molar refractivity (Wildman–Crippen MR) is 140 cm³/mol. The largest absolute Gasteiger partial charge is 0.308 e. The van der Waals surface area contributed by atoms with Gasteiger partial charge in [0, 0.05) is 22.1 Å². The molecule has 7 rings (SSSR count). The summed E-state index contributed by atoms with van der Waals surface area (Å²) >= 11 is 3.66. The highest BCUT2D eigenvalue weighted by Crippen LogP contribution is 2.42. The van der Waals surface area contributed by atoms with Crippen LogP contribution < -0.4 is 0 Å². The van der Waals surface area contributed by atoms with Gasteiger partial charge in [-0.05, 0) is 73.1 Å². The maximum Gasteiger partial charge on any atom is 0.0648 e. The number of benzene rings is 3. The molecule has 0 saturated carbocycles. The van der Waals surface area contributed by atoms with Gasteiger partial charge in [0.25, 0.3) is 0 Å². The van der Waals surface area contributed by atoms with Gasteiger partial charge >= 0.3 is 0 Å². The Morgan fingerprint density at radius 1 is 0.500 bits per heavy atom. The van der Waals surface area contributed by atoms with E-state index in [-0.39, 0.29) is 0 Å². The molecule has 0 spiro atoms. The SMILES string of the molecule is Cc1ccc(-n2c3cc4c(cc3c3sccc32)c2sccc2n4-c2ccc(C)cc2)cc1. The molecule has 0 aliphatic rings. The van der Waals surface area contributed by atoms with Crippen molar-refractivity contribution in [2.24, 2.45) is 0 Å². The summed E-state index contributed by atoms with van der Waals surface area (Å²) in [7, 11) is 0. The summed E-state index contributed by atoms with van der Waals surface area (Å²) in [4.78, 5) is 0. The molecule has 0 N–H and O–H groups in total. The molecule has 2 nitrogen and oxygen atoms in total. The Kier molecular flexibility index (Phi) is 3.75. The predicted octanol–water partition coefficient (Wildman–Crippen LogP) is 8.62. The van der Waals surface area contributed by atoms with Crippen LogP contribution in [0.15, 0.2) is 83.6 Å². The van der Waals surface area contributed by atoms with Gasteiger partial charge in [-0.25, -0.2) is 0 Å². The first-order valence-corrected chi connectivity index (χ1v) is 12.5. The standard InChI is InChI=1S/C28H20N2S2/c1-17-3-7-19(8-4-17)29-23-11-13-31-27(23)21-15-22-26(16-25(21)29)30(24-12-14-32-28(22)24)20-9-5-18(2)6-10-20/h3-16H,1-2H3. The molecule has 0 bridgehead atoms. The molecule has 7 aromatic rings.